The Hall–Kier alpha value is -0.970. The first kappa shape index (κ1) is 9.58. The number of aromatic nitrogens is 2. The summed E-state index contributed by atoms with van der Waals surface area (Å²) in [6.45, 7) is 0. The molecule has 76 valence electrons. The van der Waals surface area contributed by atoms with Crippen LogP contribution in [-0.2, 0) is 7.05 Å². The van der Waals surface area contributed by atoms with Gasteiger partial charge in [-0.1, -0.05) is 0 Å². The lowest BCUT2D eigenvalue weighted by Crippen LogP contribution is -2.27. The van der Waals surface area contributed by atoms with Crippen LogP contribution in [0.15, 0.2) is 17.2 Å². The van der Waals surface area contributed by atoms with Crippen molar-refractivity contribution < 1.29 is 0 Å². The predicted molar refractivity (Wildman–Crippen MR) is 58.8 cm³/mol. The van der Waals surface area contributed by atoms with E-state index in [0.29, 0.717) is 11.9 Å². The molecule has 0 amide bonds. The van der Waals surface area contributed by atoms with Crippen molar-refractivity contribution in [2.75, 3.05) is 16.8 Å². The summed E-state index contributed by atoms with van der Waals surface area (Å²) in [6, 6.07) is 0.405. The number of nitrogens with zero attached hydrogens (tertiary/aromatic N) is 2. The van der Waals surface area contributed by atoms with Crippen LogP contribution in [0.4, 0.5) is 5.82 Å². The third-order valence-electron chi connectivity index (χ3n) is 2.29. The van der Waals surface area contributed by atoms with Crippen LogP contribution in [0.25, 0.3) is 0 Å². The summed E-state index contributed by atoms with van der Waals surface area (Å²) in [4.78, 5) is 15.6. The third-order valence-corrected chi connectivity index (χ3v) is 3.45. The van der Waals surface area contributed by atoms with Gasteiger partial charge in [0.05, 0.1) is 0 Å². The van der Waals surface area contributed by atoms with Crippen molar-refractivity contribution in [1.82, 2.24) is 9.55 Å². The molecule has 2 heterocycles. The molecular formula is C9H13N3OS. The average molecular weight is 211 g/mol. The summed E-state index contributed by atoms with van der Waals surface area (Å²) in [5.41, 5.74) is -0.0515. The van der Waals surface area contributed by atoms with Gasteiger partial charge in [0.1, 0.15) is 0 Å². The van der Waals surface area contributed by atoms with Crippen molar-refractivity contribution in [3.05, 3.63) is 22.7 Å². The number of thioether (sulfide) groups is 1. The Morgan fingerprint density at radius 2 is 2.57 bits per heavy atom. The van der Waals surface area contributed by atoms with Gasteiger partial charge in [0.15, 0.2) is 5.82 Å². The smallest absolute Gasteiger partial charge is 0.293 e. The van der Waals surface area contributed by atoms with E-state index >= 15 is 0 Å². The van der Waals surface area contributed by atoms with E-state index in [2.05, 4.69) is 10.3 Å². The highest BCUT2D eigenvalue weighted by Crippen LogP contribution is 2.19. The molecule has 1 unspecified atom stereocenters. The Labute approximate surface area is 86.7 Å². The average Bonchev–Trinajstić information content (AvgIpc) is 2.66. The van der Waals surface area contributed by atoms with Crippen LogP contribution in [-0.4, -0.2) is 27.1 Å². The van der Waals surface area contributed by atoms with E-state index in [0.717, 1.165) is 12.2 Å². The Bertz CT molecular complexity index is 371. The van der Waals surface area contributed by atoms with Crippen LogP contribution in [0.1, 0.15) is 6.42 Å². The van der Waals surface area contributed by atoms with Gasteiger partial charge in [0, 0.05) is 31.2 Å². The summed E-state index contributed by atoms with van der Waals surface area (Å²) in [6.07, 6.45) is 4.42. The predicted octanol–water partition coefficient (Wildman–Crippen LogP) is 0.698. The van der Waals surface area contributed by atoms with Crippen LogP contribution in [0.3, 0.4) is 0 Å². The molecule has 2 rings (SSSR count). The number of anilines is 1. The first-order valence-corrected chi connectivity index (χ1v) is 5.79. The van der Waals surface area contributed by atoms with Crippen molar-refractivity contribution >= 4 is 17.6 Å². The molecule has 0 aromatic carbocycles. The molecule has 1 aliphatic heterocycles. The van der Waals surface area contributed by atoms with E-state index in [9.17, 15) is 4.79 Å². The van der Waals surface area contributed by atoms with Crippen molar-refractivity contribution in [3.8, 4) is 0 Å². The van der Waals surface area contributed by atoms with Gasteiger partial charge >= 0.3 is 0 Å². The van der Waals surface area contributed by atoms with Crippen LogP contribution >= 0.6 is 11.8 Å². The van der Waals surface area contributed by atoms with Gasteiger partial charge in [-0.2, -0.15) is 11.8 Å². The van der Waals surface area contributed by atoms with E-state index < -0.39 is 0 Å². The molecule has 0 aliphatic carbocycles. The monoisotopic (exact) mass is 211 g/mol. The fourth-order valence-electron chi connectivity index (χ4n) is 1.44. The standard InChI is InChI=1S/C9H13N3OS/c1-12-4-3-10-8(9(12)13)11-7-2-5-14-6-7/h3-4,7H,2,5-6H2,1H3,(H,10,11). The van der Waals surface area contributed by atoms with E-state index in [-0.39, 0.29) is 5.56 Å². The minimum Gasteiger partial charge on any atom is -0.362 e. The van der Waals surface area contributed by atoms with Gasteiger partial charge in [-0.3, -0.25) is 4.79 Å². The molecule has 1 saturated heterocycles. The number of hydrogen-bond donors (Lipinski definition) is 1. The zero-order chi connectivity index (χ0) is 9.97. The zero-order valence-electron chi connectivity index (χ0n) is 8.06. The first-order chi connectivity index (χ1) is 6.77. The maximum absolute atomic E-state index is 11.6. The molecule has 1 atom stereocenters. The summed E-state index contributed by atoms with van der Waals surface area (Å²) < 4.78 is 1.54. The Morgan fingerprint density at radius 1 is 1.71 bits per heavy atom. The van der Waals surface area contributed by atoms with Crippen LogP contribution in [0.5, 0.6) is 0 Å². The Balaban J connectivity index is 2.16. The lowest BCUT2D eigenvalue weighted by Gasteiger charge is -2.11. The zero-order valence-corrected chi connectivity index (χ0v) is 8.88. The lowest BCUT2D eigenvalue weighted by molar-refractivity contribution is 0.783. The molecular weight excluding hydrogens is 198 g/mol. The molecule has 14 heavy (non-hydrogen) atoms. The van der Waals surface area contributed by atoms with Crippen LogP contribution in [0, 0.1) is 0 Å². The summed E-state index contributed by atoms with van der Waals surface area (Å²) in [5.74, 6) is 2.72. The second kappa shape index (κ2) is 4.04. The van der Waals surface area contributed by atoms with E-state index in [1.165, 1.54) is 10.3 Å². The second-order valence-corrected chi connectivity index (χ2v) is 4.55. The van der Waals surface area contributed by atoms with E-state index in [1.807, 2.05) is 11.8 Å². The van der Waals surface area contributed by atoms with Gasteiger partial charge < -0.3 is 9.88 Å². The first-order valence-electron chi connectivity index (χ1n) is 4.63. The fourth-order valence-corrected chi connectivity index (χ4v) is 2.59. The van der Waals surface area contributed by atoms with Crippen molar-refractivity contribution in [3.63, 3.8) is 0 Å². The molecule has 1 aromatic rings. The highest BCUT2D eigenvalue weighted by atomic mass is 32.2. The van der Waals surface area contributed by atoms with Crippen molar-refractivity contribution in [1.29, 1.82) is 0 Å². The van der Waals surface area contributed by atoms with Gasteiger partial charge in [-0.15, -0.1) is 0 Å². The van der Waals surface area contributed by atoms with Crippen LogP contribution in [0.2, 0.25) is 0 Å². The minimum absolute atomic E-state index is 0.0515. The highest BCUT2D eigenvalue weighted by Gasteiger charge is 2.16. The van der Waals surface area contributed by atoms with Crippen LogP contribution < -0.4 is 10.9 Å². The normalized spacial score (nSPS) is 21.1. The second-order valence-electron chi connectivity index (χ2n) is 3.40. The number of nitrogens with one attached hydrogen (secondary N) is 1. The van der Waals surface area contributed by atoms with Crippen molar-refractivity contribution in [2.24, 2.45) is 7.05 Å². The number of rotatable bonds is 2. The molecule has 1 N–H and O–H groups in total. The quantitative estimate of drug-likeness (QED) is 0.782. The molecule has 4 nitrogen and oxygen atoms in total. The molecule has 0 saturated carbocycles. The Morgan fingerprint density at radius 3 is 3.29 bits per heavy atom. The molecule has 0 bridgehead atoms. The van der Waals surface area contributed by atoms with Gasteiger partial charge in [-0.25, -0.2) is 4.98 Å². The Kier molecular flexibility index (Phi) is 2.77. The molecule has 5 heteroatoms. The number of aryl methyl sites for hydroxylation is 1. The van der Waals surface area contributed by atoms with Gasteiger partial charge in [-0.05, 0) is 12.2 Å². The van der Waals surface area contributed by atoms with E-state index in [4.69, 9.17) is 0 Å². The number of hydrogen-bond acceptors (Lipinski definition) is 4. The topological polar surface area (TPSA) is 46.9 Å². The molecule has 1 aliphatic rings. The summed E-state index contributed by atoms with van der Waals surface area (Å²) in [7, 11) is 1.73. The molecule has 0 radical (unpaired) electrons. The summed E-state index contributed by atoms with van der Waals surface area (Å²) >= 11 is 1.91. The third kappa shape index (κ3) is 1.92. The molecule has 0 spiro atoms. The highest BCUT2D eigenvalue weighted by molar-refractivity contribution is 7.99. The molecule has 1 fully saturated rings. The SMILES string of the molecule is Cn1ccnc(NC2CCSC2)c1=O. The maximum Gasteiger partial charge on any atom is 0.293 e. The van der Waals surface area contributed by atoms with Gasteiger partial charge in [0.25, 0.3) is 5.56 Å². The maximum atomic E-state index is 11.6. The lowest BCUT2D eigenvalue weighted by atomic mass is 10.3. The summed E-state index contributed by atoms with van der Waals surface area (Å²) in [5, 5.41) is 3.18. The fraction of sp³-hybridized carbons (Fsp3) is 0.556. The largest absolute Gasteiger partial charge is 0.362 e. The van der Waals surface area contributed by atoms with E-state index in [1.54, 1.807) is 19.4 Å². The van der Waals surface area contributed by atoms with Gasteiger partial charge in [0.2, 0.25) is 0 Å². The molecule has 1 aromatic heterocycles. The van der Waals surface area contributed by atoms with Crippen molar-refractivity contribution in [2.45, 2.75) is 12.5 Å². The minimum atomic E-state index is -0.0515.